The molecule has 3 nitrogen and oxygen atoms in total. The molecule has 1 N–H and O–H groups in total. The van der Waals surface area contributed by atoms with Crippen molar-refractivity contribution in [2.24, 2.45) is 11.8 Å². The lowest BCUT2D eigenvalue weighted by Crippen LogP contribution is -2.45. The smallest absolute Gasteiger partial charge is 0.233 e. The van der Waals surface area contributed by atoms with Gasteiger partial charge in [0.05, 0.1) is 5.41 Å². The summed E-state index contributed by atoms with van der Waals surface area (Å²) in [6.07, 6.45) is 4.22. The molecule has 0 aromatic heterocycles. The van der Waals surface area contributed by atoms with E-state index in [4.69, 9.17) is 11.6 Å². The molecule has 2 atom stereocenters. The molecule has 0 radical (unpaired) electrons. The summed E-state index contributed by atoms with van der Waals surface area (Å²) in [6.45, 7) is 3.99. The molecule has 3 aliphatic rings. The van der Waals surface area contributed by atoms with Crippen molar-refractivity contribution in [3.63, 3.8) is 0 Å². The maximum Gasteiger partial charge on any atom is 0.233 e. The van der Waals surface area contributed by atoms with Crippen LogP contribution in [-0.2, 0) is 10.2 Å². The van der Waals surface area contributed by atoms with Gasteiger partial charge in [0.25, 0.3) is 0 Å². The monoisotopic (exact) mass is 318 g/mol. The van der Waals surface area contributed by atoms with Crippen molar-refractivity contribution in [2.75, 3.05) is 26.2 Å². The predicted molar refractivity (Wildman–Crippen MR) is 88.0 cm³/mol. The van der Waals surface area contributed by atoms with Gasteiger partial charge in [-0.1, -0.05) is 36.6 Å². The van der Waals surface area contributed by atoms with Crippen molar-refractivity contribution in [1.29, 1.82) is 0 Å². The van der Waals surface area contributed by atoms with Gasteiger partial charge in [-0.3, -0.25) is 4.79 Å². The fourth-order valence-electron chi connectivity index (χ4n) is 4.71. The third-order valence-electron chi connectivity index (χ3n) is 5.92. The Hall–Kier alpha value is -1.06. The lowest BCUT2D eigenvalue weighted by Gasteiger charge is -2.33. The second-order valence-corrected chi connectivity index (χ2v) is 7.62. The van der Waals surface area contributed by atoms with Crippen LogP contribution in [0.4, 0.5) is 0 Å². The highest BCUT2D eigenvalue weighted by Crippen LogP contribution is 2.44. The van der Waals surface area contributed by atoms with Crippen molar-refractivity contribution in [3.05, 3.63) is 34.9 Å². The molecule has 0 spiro atoms. The van der Waals surface area contributed by atoms with Gasteiger partial charge in [0.15, 0.2) is 0 Å². The van der Waals surface area contributed by atoms with Gasteiger partial charge in [0, 0.05) is 31.2 Å². The Morgan fingerprint density at radius 1 is 1.18 bits per heavy atom. The second kappa shape index (κ2) is 5.54. The highest BCUT2D eigenvalue weighted by molar-refractivity contribution is 6.30. The Morgan fingerprint density at radius 2 is 1.86 bits per heavy atom. The lowest BCUT2D eigenvalue weighted by molar-refractivity contribution is -0.136. The number of carbonyl (C=O) groups is 1. The summed E-state index contributed by atoms with van der Waals surface area (Å²) < 4.78 is 0. The zero-order chi connectivity index (χ0) is 15.2. The van der Waals surface area contributed by atoms with Gasteiger partial charge in [0.2, 0.25) is 5.91 Å². The number of hydrogen-bond donors (Lipinski definition) is 1. The van der Waals surface area contributed by atoms with Crippen LogP contribution in [0.1, 0.15) is 31.2 Å². The Kier molecular flexibility index (Phi) is 3.66. The van der Waals surface area contributed by atoms with E-state index in [0.29, 0.717) is 17.7 Å². The molecule has 22 heavy (non-hydrogen) atoms. The van der Waals surface area contributed by atoms with Gasteiger partial charge in [0.1, 0.15) is 0 Å². The molecule has 4 rings (SSSR count). The number of rotatable bonds is 2. The number of halogens is 1. The van der Waals surface area contributed by atoms with E-state index in [9.17, 15) is 4.79 Å². The van der Waals surface area contributed by atoms with Crippen LogP contribution >= 0.6 is 11.6 Å². The second-order valence-electron chi connectivity index (χ2n) is 7.19. The first kappa shape index (κ1) is 14.5. The van der Waals surface area contributed by atoms with Gasteiger partial charge in [-0.25, -0.2) is 0 Å². The van der Waals surface area contributed by atoms with Crippen LogP contribution in [0, 0.1) is 11.8 Å². The van der Waals surface area contributed by atoms with E-state index in [1.165, 1.54) is 0 Å². The van der Waals surface area contributed by atoms with Crippen LogP contribution in [0.3, 0.4) is 0 Å². The maximum atomic E-state index is 13.4. The van der Waals surface area contributed by atoms with Crippen molar-refractivity contribution in [3.8, 4) is 0 Å². The minimum absolute atomic E-state index is 0.322. The van der Waals surface area contributed by atoms with Crippen molar-refractivity contribution >= 4 is 17.5 Å². The number of carbonyl (C=O) groups excluding carboxylic acids is 1. The van der Waals surface area contributed by atoms with E-state index in [-0.39, 0.29) is 5.41 Å². The van der Waals surface area contributed by atoms with Crippen LogP contribution in [0.5, 0.6) is 0 Å². The SMILES string of the molecule is O=C(N1C[C@H]2CNC[C@H]2C1)C1(c2cccc(Cl)c2)CCCC1. The quantitative estimate of drug-likeness (QED) is 0.909. The third kappa shape index (κ3) is 2.26. The molecule has 1 aromatic rings. The zero-order valence-corrected chi connectivity index (χ0v) is 13.6. The fourth-order valence-corrected chi connectivity index (χ4v) is 4.90. The molecule has 118 valence electrons. The molecule has 1 amide bonds. The largest absolute Gasteiger partial charge is 0.341 e. The lowest BCUT2D eigenvalue weighted by atomic mass is 9.77. The van der Waals surface area contributed by atoms with Crippen LogP contribution in [0.25, 0.3) is 0 Å². The van der Waals surface area contributed by atoms with Crippen LogP contribution < -0.4 is 5.32 Å². The van der Waals surface area contributed by atoms with Crippen molar-refractivity contribution < 1.29 is 4.79 Å². The highest BCUT2D eigenvalue weighted by Gasteiger charge is 2.48. The topological polar surface area (TPSA) is 32.3 Å². The molecule has 2 saturated heterocycles. The van der Waals surface area contributed by atoms with E-state index < -0.39 is 0 Å². The van der Waals surface area contributed by atoms with Crippen molar-refractivity contribution in [1.82, 2.24) is 10.2 Å². The molecule has 1 aliphatic carbocycles. The zero-order valence-electron chi connectivity index (χ0n) is 12.9. The number of nitrogens with one attached hydrogen (secondary N) is 1. The first-order valence-electron chi connectivity index (χ1n) is 8.45. The average molecular weight is 319 g/mol. The molecule has 4 heteroatoms. The van der Waals surface area contributed by atoms with Gasteiger partial charge in [-0.15, -0.1) is 0 Å². The minimum atomic E-state index is -0.322. The van der Waals surface area contributed by atoms with Crippen LogP contribution in [0.2, 0.25) is 5.02 Å². The molecular weight excluding hydrogens is 296 g/mol. The average Bonchev–Trinajstić information content (AvgIpc) is 3.22. The Bertz CT molecular complexity index is 570. The molecule has 0 unspecified atom stereocenters. The van der Waals surface area contributed by atoms with Gasteiger partial charge < -0.3 is 10.2 Å². The van der Waals surface area contributed by atoms with Gasteiger partial charge >= 0.3 is 0 Å². The Morgan fingerprint density at radius 3 is 2.50 bits per heavy atom. The van der Waals surface area contributed by atoms with E-state index in [1.807, 2.05) is 18.2 Å². The van der Waals surface area contributed by atoms with E-state index >= 15 is 0 Å². The number of benzene rings is 1. The molecule has 1 saturated carbocycles. The highest BCUT2D eigenvalue weighted by atomic mass is 35.5. The number of hydrogen-bond acceptors (Lipinski definition) is 2. The summed E-state index contributed by atoms with van der Waals surface area (Å²) >= 11 is 6.19. The number of nitrogens with zero attached hydrogens (tertiary/aromatic N) is 1. The van der Waals surface area contributed by atoms with Crippen LogP contribution in [0.15, 0.2) is 24.3 Å². The van der Waals surface area contributed by atoms with Crippen molar-refractivity contribution in [2.45, 2.75) is 31.1 Å². The van der Waals surface area contributed by atoms with E-state index in [1.54, 1.807) is 0 Å². The fraction of sp³-hybridized carbons (Fsp3) is 0.611. The summed E-state index contributed by atoms with van der Waals surface area (Å²) in [5.74, 6) is 1.66. The maximum absolute atomic E-state index is 13.4. The molecular formula is C18H23ClN2O. The minimum Gasteiger partial charge on any atom is -0.341 e. The predicted octanol–water partition coefficient (Wildman–Crippen LogP) is 2.83. The first-order valence-corrected chi connectivity index (χ1v) is 8.83. The molecule has 3 fully saturated rings. The van der Waals surface area contributed by atoms with E-state index in [2.05, 4.69) is 16.3 Å². The number of amides is 1. The molecule has 2 aliphatic heterocycles. The van der Waals surface area contributed by atoms with Crippen LogP contribution in [-0.4, -0.2) is 37.0 Å². The van der Waals surface area contributed by atoms with Gasteiger partial charge in [-0.05, 0) is 42.4 Å². The first-order chi connectivity index (χ1) is 10.7. The number of likely N-dealkylation sites (tertiary alicyclic amines) is 1. The third-order valence-corrected chi connectivity index (χ3v) is 6.16. The van der Waals surface area contributed by atoms with E-state index in [0.717, 1.165) is 62.4 Å². The molecule has 2 heterocycles. The molecule has 0 bridgehead atoms. The Balaban J connectivity index is 1.63. The summed E-state index contributed by atoms with van der Waals surface area (Å²) in [5.41, 5.74) is 0.800. The molecule has 1 aromatic carbocycles. The summed E-state index contributed by atoms with van der Waals surface area (Å²) in [6, 6.07) is 7.97. The Labute approximate surface area is 137 Å². The normalized spacial score (nSPS) is 29.8. The summed E-state index contributed by atoms with van der Waals surface area (Å²) in [4.78, 5) is 15.5. The summed E-state index contributed by atoms with van der Waals surface area (Å²) in [5, 5.41) is 4.18. The number of fused-ring (bicyclic) bond motifs is 1. The summed E-state index contributed by atoms with van der Waals surface area (Å²) in [7, 11) is 0. The standard InChI is InChI=1S/C18H23ClN2O/c19-16-5-3-4-15(8-16)18(6-1-2-7-18)17(22)21-11-13-9-20-10-14(13)12-21/h3-5,8,13-14,20H,1-2,6-7,9-12H2/t13-,14+. The van der Waals surface area contributed by atoms with Gasteiger partial charge in [-0.2, -0.15) is 0 Å².